The van der Waals surface area contributed by atoms with Crippen molar-refractivity contribution in [1.82, 2.24) is 19.9 Å². The van der Waals surface area contributed by atoms with Crippen LogP contribution in [0.2, 0.25) is 0 Å². The monoisotopic (exact) mass is 406 g/mol. The Morgan fingerprint density at radius 2 is 1.93 bits per heavy atom. The van der Waals surface area contributed by atoms with Gasteiger partial charge in [-0.15, -0.1) is 16.4 Å². The fourth-order valence-electron chi connectivity index (χ4n) is 3.05. The summed E-state index contributed by atoms with van der Waals surface area (Å²) in [6.07, 6.45) is 0.683. The van der Waals surface area contributed by atoms with Crippen LogP contribution in [0.15, 0.2) is 47.8 Å². The molecule has 0 aliphatic rings. The van der Waals surface area contributed by atoms with Gasteiger partial charge in [-0.1, -0.05) is 6.07 Å². The number of carbonyl (C=O) groups excluding carboxylic acids is 1. The molecule has 1 N–H and O–H groups in total. The van der Waals surface area contributed by atoms with Gasteiger partial charge in [0.2, 0.25) is 4.96 Å². The molecule has 2 aromatic carbocycles. The lowest BCUT2D eigenvalue weighted by atomic mass is 10.1. The number of carbonyl (C=O) groups is 1. The summed E-state index contributed by atoms with van der Waals surface area (Å²) in [5.74, 6) is 1.42. The molecule has 0 unspecified atom stereocenters. The highest BCUT2D eigenvalue weighted by molar-refractivity contribution is 7.15. The summed E-state index contributed by atoms with van der Waals surface area (Å²) in [7, 11) is 1.64. The molecule has 0 aliphatic carbocycles. The summed E-state index contributed by atoms with van der Waals surface area (Å²) in [4.78, 5) is 17.8. The van der Waals surface area contributed by atoms with Gasteiger partial charge in [0.15, 0.2) is 5.82 Å². The molecular weight excluding hydrogens is 384 g/mol. The predicted octanol–water partition coefficient (Wildman–Crippen LogP) is 4.06. The van der Waals surface area contributed by atoms with Crippen molar-refractivity contribution in [3.63, 3.8) is 0 Å². The Kier molecular flexibility index (Phi) is 5.31. The minimum atomic E-state index is -0.0583. The molecule has 4 aromatic rings. The maximum atomic E-state index is 12.4. The quantitative estimate of drug-likeness (QED) is 0.524. The van der Waals surface area contributed by atoms with E-state index in [0.717, 1.165) is 27.5 Å². The van der Waals surface area contributed by atoms with Gasteiger partial charge < -0.3 is 10.1 Å². The van der Waals surface area contributed by atoms with Gasteiger partial charge in [-0.25, -0.2) is 4.52 Å². The number of methoxy groups -OCH3 is 1. The highest BCUT2D eigenvalue weighted by atomic mass is 32.1. The first-order chi connectivity index (χ1) is 14.0. The highest BCUT2D eigenvalue weighted by Gasteiger charge is 2.12. The third-order valence-corrected chi connectivity index (χ3v) is 5.80. The number of ether oxygens (including phenoxy) is 1. The van der Waals surface area contributed by atoms with Crippen LogP contribution in [0.25, 0.3) is 16.3 Å². The van der Waals surface area contributed by atoms with Crippen molar-refractivity contribution in [2.24, 2.45) is 0 Å². The number of hydrogen-bond donors (Lipinski definition) is 1. The van der Waals surface area contributed by atoms with Crippen molar-refractivity contribution >= 4 is 22.2 Å². The van der Waals surface area contributed by atoms with E-state index in [-0.39, 0.29) is 5.91 Å². The third-order valence-electron chi connectivity index (χ3n) is 4.93. The molecule has 148 valence electrons. The van der Waals surface area contributed by atoms with Gasteiger partial charge in [0.05, 0.1) is 12.8 Å². The van der Waals surface area contributed by atoms with E-state index in [1.54, 1.807) is 18.4 Å². The molecule has 6 nitrogen and oxygen atoms in total. The Morgan fingerprint density at radius 3 is 2.66 bits per heavy atom. The second kappa shape index (κ2) is 8.05. The molecule has 4 rings (SSSR count). The standard InChI is InChI=1S/C22H22N4O2S/c1-14-4-5-17(12-15(14)2)21(27)23-11-10-18-13-29-22-24-20(25-26(18)22)16-6-8-19(28-3)9-7-16/h4-9,12-13H,10-11H2,1-3H3,(H,23,27). The van der Waals surface area contributed by atoms with Gasteiger partial charge in [-0.3, -0.25) is 4.79 Å². The molecule has 0 aliphatic heterocycles. The van der Waals surface area contributed by atoms with Crippen LogP contribution >= 0.6 is 11.3 Å². The Labute approximate surface area is 173 Å². The van der Waals surface area contributed by atoms with Crippen molar-refractivity contribution in [2.75, 3.05) is 13.7 Å². The Balaban J connectivity index is 1.43. The Bertz CT molecular complexity index is 1160. The molecule has 0 fully saturated rings. The predicted molar refractivity (Wildman–Crippen MR) is 115 cm³/mol. The normalized spacial score (nSPS) is 11.0. The van der Waals surface area contributed by atoms with Gasteiger partial charge in [0, 0.05) is 29.5 Å². The molecule has 1 amide bonds. The van der Waals surface area contributed by atoms with Crippen LogP contribution in [0, 0.1) is 13.8 Å². The van der Waals surface area contributed by atoms with Gasteiger partial charge in [0.25, 0.3) is 5.91 Å². The van der Waals surface area contributed by atoms with Crippen LogP contribution in [0.1, 0.15) is 27.2 Å². The maximum Gasteiger partial charge on any atom is 0.251 e. The van der Waals surface area contributed by atoms with E-state index >= 15 is 0 Å². The van der Waals surface area contributed by atoms with Crippen LogP contribution in [-0.2, 0) is 6.42 Å². The maximum absolute atomic E-state index is 12.4. The van der Waals surface area contributed by atoms with Crippen molar-refractivity contribution in [2.45, 2.75) is 20.3 Å². The number of amides is 1. The minimum absolute atomic E-state index is 0.0583. The van der Waals surface area contributed by atoms with Crippen molar-refractivity contribution < 1.29 is 9.53 Å². The first-order valence-electron chi connectivity index (χ1n) is 9.38. The summed E-state index contributed by atoms with van der Waals surface area (Å²) in [6, 6.07) is 13.4. The van der Waals surface area contributed by atoms with Gasteiger partial charge >= 0.3 is 0 Å². The number of rotatable bonds is 6. The third kappa shape index (κ3) is 4.00. The molecule has 0 atom stereocenters. The van der Waals surface area contributed by atoms with E-state index in [9.17, 15) is 4.79 Å². The number of nitrogens with one attached hydrogen (secondary N) is 1. The molecule has 0 spiro atoms. The van der Waals surface area contributed by atoms with Crippen LogP contribution in [-0.4, -0.2) is 34.2 Å². The molecule has 0 saturated heterocycles. The van der Waals surface area contributed by atoms with Crippen LogP contribution in [0.4, 0.5) is 0 Å². The van der Waals surface area contributed by atoms with Crippen LogP contribution in [0.3, 0.4) is 0 Å². The second-order valence-electron chi connectivity index (χ2n) is 6.89. The highest BCUT2D eigenvalue weighted by Crippen LogP contribution is 2.23. The van der Waals surface area contributed by atoms with Crippen LogP contribution in [0.5, 0.6) is 5.75 Å². The minimum Gasteiger partial charge on any atom is -0.497 e. The van der Waals surface area contributed by atoms with E-state index in [4.69, 9.17) is 4.74 Å². The number of aryl methyl sites for hydroxylation is 2. The lowest BCUT2D eigenvalue weighted by Crippen LogP contribution is -2.26. The Morgan fingerprint density at radius 1 is 1.14 bits per heavy atom. The van der Waals surface area contributed by atoms with Crippen molar-refractivity contribution in [1.29, 1.82) is 0 Å². The fraction of sp³-hybridized carbons (Fsp3) is 0.227. The topological polar surface area (TPSA) is 68.5 Å². The molecule has 29 heavy (non-hydrogen) atoms. The lowest BCUT2D eigenvalue weighted by Gasteiger charge is -2.07. The molecule has 2 aromatic heterocycles. The lowest BCUT2D eigenvalue weighted by molar-refractivity contribution is 0.0954. The second-order valence-corrected chi connectivity index (χ2v) is 7.73. The zero-order chi connectivity index (χ0) is 20.4. The molecular formula is C22H22N4O2S. The van der Waals surface area contributed by atoms with Crippen molar-refractivity contribution in [3.8, 4) is 17.1 Å². The molecule has 7 heteroatoms. The number of nitrogens with zero attached hydrogens (tertiary/aromatic N) is 3. The van der Waals surface area contributed by atoms with Gasteiger partial charge in [-0.05, 0) is 61.4 Å². The number of fused-ring (bicyclic) bond motifs is 1. The summed E-state index contributed by atoms with van der Waals surface area (Å²) in [6.45, 7) is 4.59. The first-order valence-corrected chi connectivity index (χ1v) is 10.3. The van der Waals surface area contributed by atoms with E-state index < -0.39 is 0 Å². The SMILES string of the molecule is COc1ccc(-c2nc3scc(CCNC(=O)c4ccc(C)c(C)c4)n3n2)cc1. The fourth-order valence-corrected chi connectivity index (χ4v) is 3.90. The average Bonchev–Trinajstić information content (AvgIpc) is 3.32. The summed E-state index contributed by atoms with van der Waals surface area (Å²) in [5, 5.41) is 9.67. The Hall–Kier alpha value is -3.19. The van der Waals surface area contributed by atoms with Crippen LogP contribution < -0.4 is 10.1 Å². The zero-order valence-electron chi connectivity index (χ0n) is 16.6. The van der Waals surface area contributed by atoms with Crippen molar-refractivity contribution in [3.05, 3.63) is 70.2 Å². The van der Waals surface area contributed by atoms with Gasteiger partial charge in [-0.2, -0.15) is 4.98 Å². The average molecular weight is 407 g/mol. The number of hydrogen-bond acceptors (Lipinski definition) is 5. The largest absolute Gasteiger partial charge is 0.497 e. The summed E-state index contributed by atoms with van der Waals surface area (Å²) < 4.78 is 7.05. The molecule has 0 radical (unpaired) electrons. The smallest absolute Gasteiger partial charge is 0.251 e. The van der Waals surface area contributed by atoms with E-state index in [1.165, 1.54) is 5.56 Å². The zero-order valence-corrected chi connectivity index (χ0v) is 17.4. The first kappa shape index (κ1) is 19.1. The number of aromatic nitrogens is 3. The molecule has 0 saturated carbocycles. The van der Waals surface area contributed by atoms with Gasteiger partial charge in [0.1, 0.15) is 5.75 Å². The van der Waals surface area contributed by atoms with E-state index in [2.05, 4.69) is 15.4 Å². The summed E-state index contributed by atoms with van der Waals surface area (Å²) in [5.41, 5.74) is 4.95. The number of thiazole rings is 1. The van der Waals surface area contributed by atoms with E-state index in [1.807, 2.05) is 66.2 Å². The molecule has 0 bridgehead atoms. The molecule has 2 heterocycles. The van der Waals surface area contributed by atoms with E-state index in [0.29, 0.717) is 24.4 Å². The number of benzene rings is 2. The summed E-state index contributed by atoms with van der Waals surface area (Å²) >= 11 is 1.55.